The molecule has 0 radical (unpaired) electrons. The summed E-state index contributed by atoms with van der Waals surface area (Å²) in [5, 5.41) is 0. The second kappa shape index (κ2) is 5.92. The molecule has 1 saturated heterocycles. The maximum atomic E-state index is 12.1. The molecule has 0 aliphatic carbocycles. The number of halogens is 1. The van der Waals surface area contributed by atoms with E-state index in [1.54, 1.807) is 4.90 Å². The summed E-state index contributed by atoms with van der Waals surface area (Å²) in [6.45, 7) is 1.72. The number of nitrogen functional groups attached to an aromatic ring is 1. The maximum Gasteiger partial charge on any atom is 0.239 e. The van der Waals surface area contributed by atoms with Crippen molar-refractivity contribution in [2.45, 2.75) is 25.4 Å². The Kier molecular flexibility index (Phi) is 4.47. The van der Waals surface area contributed by atoms with Gasteiger partial charge in [0.25, 0.3) is 0 Å². The number of rotatable bonds is 3. The molecule has 1 fully saturated rings. The van der Waals surface area contributed by atoms with Crippen molar-refractivity contribution in [3.63, 3.8) is 0 Å². The van der Waals surface area contributed by atoms with Gasteiger partial charge in [-0.15, -0.1) is 0 Å². The summed E-state index contributed by atoms with van der Waals surface area (Å²) < 4.78 is 0.943. The molecule has 104 valence electrons. The molecule has 0 spiro atoms. The van der Waals surface area contributed by atoms with E-state index in [-0.39, 0.29) is 11.9 Å². The first-order chi connectivity index (χ1) is 9.00. The lowest BCUT2D eigenvalue weighted by molar-refractivity contribution is -0.133. The number of benzene rings is 1. The predicted octanol–water partition coefficient (Wildman–Crippen LogP) is 2.08. The number of nitrogens with zero attached hydrogens (tertiary/aromatic N) is 2. The van der Waals surface area contributed by atoms with Gasteiger partial charge < -0.3 is 10.6 Å². The van der Waals surface area contributed by atoms with E-state index in [0.717, 1.165) is 41.7 Å². The van der Waals surface area contributed by atoms with Crippen molar-refractivity contribution in [3.8, 4) is 0 Å². The van der Waals surface area contributed by atoms with Crippen LogP contribution in [0.25, 0.3) is 0 Å². The van der Waals surface area contributed by atoms with Gasteiger partial charge in [0.05, 0.1) is 6.04 Å². The summed E-state index contributed by atoms with van der Waals surface area (Å²) in [4.78, 5) is 16.1. The molecule has 1 aromatic carbocycles. The first kappa shape index (κ1) is 14.3. The first-order valence-corrected chi connectivity index (χ1v) is 7.28. The Bertz CT molecular complexity index is 476. The Morgan fingerprint density at radius 1 is 1.53 bits per heavy atom. The van der Waals surface area contributed by atoms with Crippen LogP contribution in [0.4, 0.5) is 5.69 Å². The number of likely N-dealkylation sites (N-methyl/N-ethyl adjacent to an activating group) is 1. The standard InChI is InChI=1S/C14H20BrN3O/c1-17(2)14(19)12-7-4-8-18(12)9-10-5-3-6-11(16)13(10)15/h3,5-6,12H,4,7-9,16H2,1-2H3. The van der Waals surface area contributed by atoms with Gasteiger partial charge in [0, 0.05) is 30.8 Å². The highest BCUT2D eigenvalue weighted by molar-refractivity contribution is 9.10. The van der Waals surface area contributed by atoms with Crippen LogP contribution in [-0.4, -0.2) is 42.4 Å². The Morgan fingerprint density at radius 2 is 2.26 bits per heavy atom. The SMILES string of the molecule is CN(C)C(=O)C1CCCN1Cc1cccc(N)c1Br. The smallest absolute Gasteiger partial charge is 0.239 e. The van der Waals surface area contributed by atoms with Gasteiger partial charge in [-0.3, -0.25) is 9.69 Å². The van der Waals surface area contributed by atoms with Gasteiger partial charge in [0.15, 0.2) is 0 Å². The van der Waals surface area contributed by atoms with E-state index in [2.05, 4.69) is 26.9 Å². The van der Waals surface area contributed by atoms with E-state index in [9.17, 15) is 4.79 Å². The zero-order valence-corrected chi connectivity index (χ0v) is 13.0. The normalized spacial score (nSPS) is 19.6. The number of carbonyl (C=O) groups is 1. The van der Waals surface area contributed by atoms with Crippen molar-refractivity contribution < 1.29 is 4.79 Å². The summed E-state index contributed by atoms with van der Waals surface area (Å²) in [6, 6.07) is 5.88. The molecule has 0 bridgehead atoms. The van der Waals surface area contributed by atoms with Gasteiger partial charge in [-0.2, -0.15) is 0 Å². The van der Waals surface area contributed by atoms with Crippen molar-refractivity contribution in [1.82, 2.24) is 9.80 Å². The summed E-state index contributed by atoms with van der Waals surface area (Å²) in [7, 11) is 3.63. The third-order valence-corrected chi connectivity index (χ3v) is 4.54. The number of hydrogen-bond acceptors (Lipinski definition) is 3. The van der Waals surface area contributed by atoms with Gasteiger partial charge >= 0.3 is 0 Å². The zero-order chi connectivity index (χ0) is 14.0. The fourth-order valence-electron chi connectivity index (χ4n) is 2.53. The molecular formula is C14H20BrN3O. The van der Waals surface area contributed by atoms with Gasteiger partial charge in [-0.1, -0.05) is 12.1 Å². The number of hydrogen-bond donors (Lipinski definition) is 1. The zero-order valence-electron chi connectivity index (χ0n) is 11.4. The molecule has 1 amide bonds. The molecule has 1 heterocycles. The van der Waals surface area contributed by atoms with E-state index in [1.807, 2.05) is 26.2 Å². The highest BCUT2D eigenvalue weighted by atomic mass is 79.9. The maximum absolute atomic E-state index is 12.1. The minimum absolute atomic E-state index is 0.00308. The Balaban J connectivity index is 2.14. The molecular weight excluding hydrogens is 306 g/mol. The van der Waals surface area contributed by atoms with Crippen LogP contribution < -0.4 is 5.73 Å². The lowest BCUT2D eigenvalue weighted by Gasteiger charge is -2.26. The molecule has 1 atom stereocenters. The third kappa shape index (κ3) is 3.09. The fraction of sp³-hybridized carbons (Fsp3) is 0.500. The van der Waals surface area contributed by atoms with Crippen LogP contribution in [0, 0.1) is 0 Å². The molecule has 2 rings (SSSR count). The van der Waals surface area contributed by atoms with Crippen LogP contribution in [0.3, 0.4) is 0 Å². The topological polar surface area (TPSA) is 49.6 Å². The molecule has 0 aromatic heterocycles. The Morgan fingerprint density at radius 3 is 2.95 bits per heavy atom. The van der Waals surface area contributed by atoms with Gasteiger partial charge in [-0.25, -0.2) is 0 Å². The molecule has 1 unspecified atom stereocenters. The largest absolute Gasteiger partial charge is 0.398 e. The third-order valence-electron chi connectivity index (χ3n) is 3.57. The van der Waals surface area contributed by atoms with E-state index in [1.165, 1.54) is 0 Å². The molecule has 19 heavy (non-hydrogen) atoms. The van der Waals surface area contributed by atoms with Crippen LogP contribution in [-0.2, 0) is 11.3 Å². The predicted molar refractivity (Wildman–Crippen MR) is 80.7 cm³/mol. The van der Waals surface area contributed by atoms with Crippen molar-refractivity contribution in [2.24, 2.45) is 0 Å². The van der Waals surface area contributed by atoms with E-state index >= 15 is 0 Å². The summed E-state index contributed by atoms with van der Waals surface area (Å²) >= 11 is 3.53. The minimum atomic E-state index is 0.00308. The van der Waals surface area contributed by atoms with Crippen molar-refractivity contribution in [2.75, 3.05) is 26.4 Å². The summed E-state index contributed by atoms with van der Waals surface area (Å²) in [5.74, 6) is 0.192. The number of amides is 1. The second-order valence-electron chi connectivity index (χ2n) is 5.18. The Hall–Kier alpha value is -1.07. The molecule has 4 nitrogen and oxygen atoms in total. The second-order valence-corrected chi connectivity index (χ2v) is 5.97. The van der Waals surface area contributed by atoms with E-state index in [4.69, 9.17) is 5.73 Å². The molecule has 1 aromatic rings. The summed E-state index contributed by atoms with van der Waals surface area (Å²) in [5.41, 5.74) is 7.78. The summed E-state index contributed by atoms with van der Waals surface area (Å²) in [6.07, 6.45) is 2.02. The first-order valence-electron chi connectivity index (χ1n) is 6.48. The minimum Gasteiger partial charge on any atom is -0.398 e. The highest BCUT2D eigenvalue weighted by Crippen LogP contribution is 2.28. The van der Waals surface area contributed by atoms with Crippen LogP contribution in [0.1, 0.15) is 18.4 Å². The molecule has 1 aliphatic rings. The van der Waals surface area contributed by atoms with Crippen LogP contribution in [0.15, 0.2) is 22.7 Å². The van der Waals surface area contributed by atoms with E-state index in [0.29, 0.717) is 0 Å². The van der Waals surface area contributed by atoms with Gasteiger partial charge in [0.1, 0.15) is 0 Å². The quantitative estimate of drug-likeness (QED) is 0.866. The lowest BCUT2D eigenvalue weighted by atomic mass is 10.1. The highest BCUT2D eigenvalue weighted by Gasteiger charge is 2.31. The van der Waals surface area contributed by atoms with Gasteiger partial charge in [-0.05, 0) is 46.9 Å². The van der Waals surface area contributed by atoms with Crippen molar-refractivity contribution in [3.05, 3.63) is 28.2 Å². The molecule has 0 saturated carbocycles. The van der Waals surface area contributed by atoms with Gasteiger partial charge in [0.2, 0.25) is 5.91 Å². The van der Waals surface area contributed by atoms with E-state index < -0.39 is 0 Å². The number of likely N-dealkylation sites (tertiary alicyclic amines) is 1. The Labute approximate surface area is 122 Å². The lowest BCUT2D eigenvalue weighted by Crippen LogP contribution is -2.42. The average molecular weight is 326 g/mol. The van der Waals surface area contributed by atoms with Crippen molar-refractivity contribution in [1.29, 1.82) is 0 Å². The van der Waals surface area contributed by atoms with Crippen molar-refractivity contribution >= 4 is 27.5 Å². The number of anilines is 1. The molecule has 1 aliphatic heterocycles. The number of carbonyl (C=O) groups excluding carboxylic acids is 1. The average Bonchev–Trinajstić information content (AvgIpc) is 2.82. The number of nitrogens with two attached hydrogens (primary N) is 1. The van der Waals surface area contributed by atoms with Crippen LogP contribution in [0.2, 0.25) is 0 Å². The molecule has 5 heteroatoms. The van der Waals surface area contributed by atoms with Crippen LogP contribution >= 0.6 is 15.9 Å². The molecule has 2 N–H and O–H groups in total. The monoisotopic (exact) mass is 325 g/mol. The van der Waals surface area contributed by atoms with Crippen LogP contribution in [0.5, 0.6) is 0 Å². The fourth-order valence-corrected chi connectivity index (χ4v) is 2.92.